The second-order valence-electron chi connectivity index (χ2n) is 5.42. The van der Waals surface area contributed by atoms with Gasteiger partial charge in [-0.2, -0.15) is 12.6 Å². The molecular weight excluding hydrogens is 468 g/mol. The van der Waals surface area contributed by atoms with Crippen molar-refractivity contribution in [3.63, 3.8) is 0 Å². The van der Waals surface area contributed by atoms with Gasteiger partial charge in [-0.25, -0.2) is 14.4 Å². The fraction of sp³-hybridized carbons (Fsp3) is 0.316. The Morgan fingerprint density at radius 2 is 1.79 bits per heavy atom. The van der Waals surface area contributed by atoms with E-state index in [0.29, 0.717) is 23.2 Å². The molecule has 1 unspecified atom stereocenters. The molecule has 8 nitrogen and oxygen atoms in total. The third kappa shape index (κ3) is 16.5. The van der Waals surface area contributed by atoms with Crippen molar-refractivity contribution in [2.45, 2.75) is 26.4 Å². The second kappa shape index (κ2) is 16.8. The minimum absolute atomic E-state index is 0.132. The molecule has 0 aliphatic rings. The number of benzene rings is 1. The molecule has 0 amide bonds. The van der Waals surface area contributed by atoms with Gasteiger partial charge in [0.1, 0.15) is 5.75 Å². The van der Waals surface area contributed by atoms with Crippen molar-refractivity contribution in [1.82, 2.24) is 0 Å². The molecule has 0 spiro atoms. The molecule has 0 aliphatic carbocycles. The largest absolute Gasteiger partial charge is 0.478 e. The molecule has 1 aromatic rings. The number of hydrogen-bond donors (Lipinski definition) is 5. The molecule has 0 heterocycles. The molecule has 0 radical (unpaired) electrons. The summed E-state index contributed by atoms with van der Waals surface area (Å²) in [6, 6.07) is 7.17. The first-order valence-corrected chi connectivity index (χ1v) is 9.57. The van der Waals surface area contributed by atoms with E-state index in [1.54, 1.807) is 25.1 Å². The lowest BCUT2D eigenvalue weighted by Crippen LogP contribution is -2.08. The zero-order valence-corrected chi connectivity index (χ0v) is 18.5. The summed E-state index contributed by atoms with van der Waals surface area (Å²) in [5.41, 5.74) is 0.253. The molecule has 10 heteroatoms. The molecule has 4 N–H and O–H groups in total. The summed E-state index contributed by atoms with van der Waals surface area (Å²) in [5, 5.41) is 32.6. The summed E-state index contributed by atoms with van der Waals surface area (Å²) in [4.78, 5) is 31.4. The van der Waals surface area contributed by atoms with Crippen molar-refractivity contribution in [3.05, 3.63) is 52.5 Å². The number of aliphatic carboxylic acids is 2. The fourth-order valence-corrected chi connectivity index (χ4v) is 1.83. The van der Waals surface area contributed by atoms with Crippen LogP contribution in [0.25, 0.3) is 0 Å². The summed E-state index contributed by atoms with van der Waals surface area (Å²) in [5.74, 6) is -2.03. The molecule has 0 saturated heterocycles. The summed E-state index contributed by atoms with van der Waals surface area (Å²) in [6.07, 6.45) is 0.276. The Kier molecular flexibility index (Phi) is 16.8. The Balaban J connectivity index is 0. The maximum absolute atomic E-state index is 11.1. The number of para-hydroxylation sites is 1. The molecule has 0 saturated carbocycles. The van der Waals surface area contributed by atoms with Gasteiger partial charge in [-0.1, -0.05) is 18.7 Å². The Morgan fingerprint density at radius 3 is 2.14 bits per heavy atom. The number of carboxylic acid groups (broad SMARTS) is 2. The number of halogens is 1. The van der Waals surface area contributed by atoms with Gasteiger partial charge in [0.15, 0.2) is 0 Å². The maximum Gasteiger partial charge on any atom is 0.338 e. The van der Waals surface area contributed by atoms with Crippen LogP contribution in [0.4, 0.5) is 0 Å². The molecule has 0 aliphatic heterocycles. The van der Waals surface area contributed by atoms with E-state index in [4.69, 9.17) is 25.2 Å². The van der Waals surface area contributed by atoms with Crippen molar-refractivity contribution >= 4 is 46.5 Å². The number of hydrogen-bond acceptors (Lipinski definition) is 7. The van der Waals surface area contributed by atoms with Crippen LogP contribution in [0.5, 0.6) is 5.75 Å². The number of carboxylic acids is 2. The van der Waals surface area contributed by atoms with Crippen LogP contribution >= 0.6 is 28.6 Å². The van der Waals surface area contributed by atoms with Gasteiger partial charge >= 0.3 is 17.9 Å². The Labute approximate surface area is 183 Å². The van der Waals surface area contributed by atoms with Gasteiger partial charge in [0.25, 0.3) is 0 Å². The average Bonchev–Trinajstić information content (AvgIpc) is 2.63. The average molecular weight is 493 g/mol. The van der Waals surface area contributed by atoms with Crippen LogP contribution in [0, 0.1) is 0 Å². The van der Waals surface area contributed by atoms with E-state index in [-0.39, 0.29) is 18.6 Å². The molecule has 0 aromatic heterocycles. The van der Waals surface area contributed by atoms with Gasteiger partial charge in [-0.15, -0.1) is 0 Å². The lowest BCUT2D eigenvalue weighted by Gasteiger charge is -2.04. The Morgan fingerprint density at radius 1 is 1.28 bits per heavy atom. The van der Waals surface area contributed by atoms with Crippen LogP contribution in [0.1, 0.15) is 20.3 Å². The molecule has 29 heavy (non-hydrogen) atoms. The molecule has 0 fully saturated rings. The predicted molar refractivity (Wildman–Crippen MR) is 115 cm³/mol. The zero-order chi connectivity index (χ0) is 23.0. The van der Waals surface area contributed by atoms with Gasteiger partial charge in [0.05, 0.1) is 17.2 Å². The first-order valence-electron chi connectivity index (χ1n) is 8.14. The van der Waals surface area contributed by atoms with E-state index in [2.05, 4.69) is 35.1 Å². The van der Waals surface area contributed by atoms with Crippen molar-refractivity contribution in [3.8, 4) is 5.75 Å². The second-order valence-corrected chi connectivity index (χ2v) is 6.72. The summed E-state index contributed by atoms with van der Waals surface area (Å²) < 4.78 is 5.78. The van der Waals surface area contributed by atoms with Crippen LogP contribution in [0.2, 0.25) is 0 Å². The number of carbonyl (C=O) groups is 3. The van der Waals surface area contributed by atoms with Gasteiger partial charge in [-0.3, -0.25) is 0 Å². The van der Waals surface area contributed by atoms with E-state index < -0.39 is 24.0 Å². The first kappa shape index (κ1) is 29.1. The number of aliphatic hydroxyl groups is 2. The standard InChI is InChI=1S/C10H9BrO2.C6H8O4S.C3H8O2/c1-7(2)10(12)13-9-6-4-3-5-8(9)11;7-5(8)3-4(1-2-11)6(9)10;1-3(5)2-4/h3-6H,1H2,2H3;3,11H,1-2H2,(H,7,8)(H,9,10);3-5H,2H2,1H3/b;4-3-;. The number of rotatable bonds is 7. The lowest BCUT2D eigenvalue weighted by molar-refractivity contribution is -0.135. The topological polar surface area (TPSA) is 141 Å². The summed E-state index contributed by atoms with van der Waals surface area (Å²) >= 11 is 7.05. The van der Waals surface area contributed by atoms with Crippen LogP contribution in [-0.4, -0.2) is 56.8 Å². The van der Waals surface area contributed by atoms with Crippen LogP contribution in [0.3, 0.4) is 0 Å². The quantitative estimate of drug-likeness (QED) is 0.169. The van der Waals surface area contributed by atoms with Crippen molar-refractivity contribution < 1.29 is 39.5 Å². The summed E-state index contributed by atoms with van der Waals surface area (Å²) in [7, 11) is 0. The predicted octanol–water partition coefficient (Wildman–Crippen LogP) is 2.69. The highest BCUT2D eigenvalue weighted by molar-refractivity contribution is 9.10. The van der Waals surface area contributed by atoms with Gasteiger partial charge in [-0.05, 0) is 54.1 Å². The number of aliphatic hydroxyl groups excluding tert-OH is 2. The van der Waals surface area contributed by atoms with Crippen molar-refractivity contribution in [2.24, 2.45) is 0 Å². The highest BCUT2D eigenvalue weighted by Crippen LogP contribution is 2.24. The molecular formula is C19H25BrO8S. The molecule has 162 valence electrons. The number of esters is 1. The molecule has 1 atom stereocenters. The highest BCUT2D eigenvalue weighted by atomic mass is 79.9. The first-order chi connectivity index (χ1) is 13.5. The highest BCUT2D eigenvalue weighted by Gasteiger charge is 2.08. The molecule has 1 aromatic carbocycles. The smallest absolute Gasteiger partial charge is 0.338 e. The Bertz CT molecular complexity index is 716. The van der Waals surface area contributed by atoms with E-state index >= 15 is 0 Å². The van der Waals surface area contributed by atoms with Gasteiger partial charge in [0, 0.05) is 17.2 Å². The fourth-order valence-electron chi connectivity index (χ4n) is 1.22. The number of carbonyl (C=O) groups excluding carboxylic acids is 1. The normalized spacial score (nSPS) is 11.0. The molecule has 0 bridgehead atoms. The van der Waals surface area contributed by atoms with Crippen LogP contribution in [0.15, 0.2) is 52.5 Å². The third-order valence-corrected chi connectivity index (χ3v) is 3.48. The van der Waals surface area contributed by atoms with Crippen molar-refractivity contribution in [2.75, 3.05) is 12.4 Å². The Hall–Kier alpha value is -2.14. The van der Waals surface area contributed by atoms with Crippen LogP contribution in [-0.2, 0) is 14.4 Å². The minimum Gasteiger partial charge on any atom is -0.478 e. The van der Waals surface area contributed by atoms with E-state index in [1.165, 1.54) is 6.92 Å². The number of ether oxygens (including phenoxy) is 1. The van der Waals surface area contributed by atoms with E-state index in [1.807, 2.05) is 6.07 Å². The zero-order valence-electron chi connectivity index (χ0n) is 16.0. The number of thiol groups is 1. The van der Waals surface area contributed by atoms with Gasteiger partial charge in [0.2, 0.25) is 0 Å². The summed E-state index contributed by atoms with van der Waals surface area (Å²) in [6.45, 7) is 6.49. The minimum atomic E-state index is -1.25. The van der Waals surface area contributed by atoms with Crippen molar-refractivity contribution in [1.29, 1.82) is 0 Å². The van der Waals surface area contributed by atoms with E-state index in [0.717, 1.165) is 4.47 Å². The monoisotopic (exact) mass is 492 g/mol. The third-order valence-electron chi connectivity index (χ3n) is 2.61. The van der Waals surface area contributed by atoms with E-state index in [9.17, 15) is 14.4 Å². The van der Waals surface area contributed by atoms with Gasteiger partial charge < -0.3 is 25.2 Å². The maximum atomic E-state index is 11.1. The van der Waals surface area contributed by atoms with Crippen LogP contribution < -0.4 is 4.74 Å². The lowest BCUT2D eigenvalue weighted by atomic mass is 10.2. The molecule has 1 rings (SSSR count). The SMILES string of the molecule is C=C(C)C(=O)Oc1ccccc1Br.CC(O)CO.O=C(O)/C=C(/CCS)C(=O)O.